The van der Waals surface area contributed by atoms with Crippen LogP contribution in [0.15, 0.2) is 36.4 Å². The van der Waals surface area contributed by atoms with Gasteiger partial charge in [-0.25, -0.2) is 4.98 Å². The molecule has 3 aromatic rings. The summed E-state index contributed by atoms with van der Waals surface area (Å²) in [7, 11) is 0. The summed E-state index contributed by atoms with van der Waals surface area (Å²) in [6.07, 6.45) is 0. The van der Waals surface area contributed by atoms with Gasteiger partial charge in [0.05, 0.1) is 21.8 Å². The number of carbonyl (C=O) groups is 1. The minimum Gasteiger partial charge on any atom is -0.491 e. The highest BCUT2D eigenvalue weighted by Gasteiger charge is 2.21. The molecule has 0 unspecified atom stereocenters. The molecule has 0 N–H and O–H groups in total. The lowest BCUT2D eigenvalue weighted by atomic mass is 10.1. The Morgan fingerprint density at radius 2 is 2.17 bits per heavy atom. The number of nitrogens with zero attached hydrogens (tertiary/aromatic N) is 2. The van der Waals surface area contributed by atoms with Crippen LogP contribution in [0.3, 0.4) is 0 Å². The van der Waals surface area contributed by atoms with Crippen molar-refractivity contribution in [2.75, 3.05) is 13.2 Å². The summed E-state index contributed by atoms with van der Waals surface area (Å²) in [4.78, 5) is 19.2. The first-order valence-electron chi connectivity index (χ1n) is 7.68. The number of rotatable bonds is 1. The number of aromatic nitrogens is 1. The van der Waals surface area contributed by atoms with E-state index < -0.39 is 0 Å². The first-order valence-corrected chi connectivity index (χ1v) is 8.87. The van der Waals surface area contributed by atoms with Crippen LogP contribution in [-0.4, -0.2) is 28.9 Å². The molecule has 0 spiro atoms. The summed E-state index contributed by atoms with van der Waals surface area (Å²) in [5, 5.41) is 1.65. The van der Waals surface area contributed by atoms with E-state index >= 15 is 0 Å². The number of fused-ring (bicyclic) bond motifs is 2. The van der Waals surface area contributed by atoms with Crippen LogP contribution in [0.4, 0.5) is 0 Å². The third-order valence-electron chi connectivity index (χ3n) is 4.03. The maximum atomic E-state index is 12.9. The molecule has 0 radical (unpaired) electrons. The van der Waals surface area contributed by atoms with Crippen molar-refractivity contribution in [3.63, 3.8) is 0 Å². The van der Waals surface area contributed by atoms with E-state index in [9.17, 15) is 4.79 Å². The fraction of sp³-hybridized carbons (Fsp3) is 0.222. The third kappa shape index (κ3) is 2.85. The van der Waals surface area contributed by atoms with E-state index in [1.165, 1.54) is 0 Å². The lowest BCUT2D eigenvalue weighted by Gasteiger charge is -2.20. The zero-order valence-electron chi connectivity index (χ0n) is 13.1. The molecule has 0 atom stereocenters. The van der Waals surface area contributed by atoms with Crippen LogP contribution < -0.4 is 4.74 Å². The number of benzene rings is 2. The molecule has 1 aliphatic heterocycles. The molecular weight excluding hydrogens is 344 g/mol. The molecule has 122 valence electrons. The number of amides is 1. The number of carbonyl (C=O) groups excluding carboxylic acids is 1. The minimum atomic E-state index is -0.000575. The number of ether oxygens (including phenoxy) is 1. The summed E-state index contributed by atoms with van der Waals surface area (Å²) >= 11 is 7.68. The molecule has 0 bridgehead atoms. The second kappa shape index (κ2) is 6.07. The average molecular weight is 359 g/mol. The van der Waals surface area contributed by atoms with E-state index in [0.29, 0.717) is 30.3 Å². The molecule has 24 heavy (non-hydrogen) atoms. The Kier molecular flexibility index (Phi) is 3.90. The highest BCUT2D eigenvalue weighted by atomic mass is 35.5. The van der Waals surface area contributed by atoms with Gasteiger partial charge in [0.2, 0.25) is 0 Å². The normalized spacial score (nSPS) is 14.2. The zero-order valence-corrected chi connectivity index (χ0v) is 14.7. The largest absolute Gasteiger partial charge is 0.491 e. The quantitative estimate of drug-likeness (QED) is 0.651. The lowest BCUT2D eigenvalue weighted by Crippen LogP contribution is -2.32. The molecule has 0 aliphatic carbocycles. The first kappa shape index (κ1) is 15.4. The Balaban J connectivity index is 1.65. The van der Waals surface area contributed by atoms with Gasteiger partial charge in [-0.05, 0) is 43.3 Å². The van der Waals surface area contributed by atoms with E-state index in [1.54, 1.807) is 22.3 Å². The van der Waals surface area contributed by atoms with Crippen LogP contribution in [0.1, 0.15) is 20.9 Å². The second-order valence-corrected chi connectivity index (χ2v) is 7.41. The monoisotopic (exact) mass is 358 g/mol. The van der Waals surface area contributed by atoms with Gasteiger partial charge >= 0.3 is 0 Å². The molecule has 1 aromatic heterocycles. The van der Waals surface area contributed by atoms with Crippen molar-refractivity contribution >= 4 is 39.1 Å². The van der Waals surface area contributed by atoms with Crippen molar-refractivity contribution in [3.05, 3.63) is 57.6 Å². The standard InChI is InChI=1S/C18H15ClN2O2S/c1-11-20-15-4-2-12(9-17(15)24-11)18(22)21-6-7-23-16-5-3-14(19)8-13(16)10-21/h2-5,8-9H,6-7,10H2,1H3. The number of aryl methyl sites for hydroxylation is 1. The second-order valence-electron chi connectivity index (χ2n) is 5.74. The van der Waals surface area contributed by atoms with Gasteiger partial charge in [-0.1, -0.05) is 11.6 Å². The molecule has 6 heteroatoms. The van der Waals surface area contributed by atoms with Crippen molar-refractivity contribution < 1.29 is 9.53 Å². The van der Waals surface area contributed by atoms with E-state index in [4.69, 9.17) is 16.3 Å². The topological polar surface area (TPSA) is 42.4 Å². The van der Waals surface area contributed by atoms with Crippen molar-refractivity contribution in [2.45, 2.75) is 13.5 Å². The molecule has 2 aromatic carbocycles. The summed E-state index contributed by atoms with van der Waals surface area (Å²) in [6.45, 7) is 3.49. The van der Waals surface area contributed by atoms with Gasteiger partial charge in [0.25, 0.3) is 5.91 Å². The van der Waals surface area contributed by atoms with Crippen molar-refractivity contribution in [3.8, 4) is 5.75 Å². The summed E-state index contributed by atoms with van der Waals surface area (Å²) in [5.74, 6) is 0.794. The Morgan fingerprint density at radius 1 is 1.29 bits per heavy atom. The van der Waals surface area contributed by atoms with Gasteiger partial charge in [-0.3, -0.25) is 4.79 Å². The highest BCUT2D eigenvalue weighted by molar-refractivity contribution is 7.18. The summed E-state index contributed by atoms with van der Waals surface area (Å²) in [5.41, 5.74) is 2.55. The van der Waals surface area contributed by atoms with Gasteiger partial charge in [0, 0.05) is 22.7 Å². The number of halogens is 1. The van der Waals surface area contributed by atoms with Crippen molar-refractivity contribution in [1.29, 1.82) is 0 Å². The molecule has 0 saturated carbocycles. The number of hydrogen-bond donors (Lipinski definition) is 0. The van der Waals surface area contributed by atoms with Gasteiger partial charge in [-0.15, -0.1) is 11.3 Å². The molecule has 4 rings (SSSR count). The van der Waals surface area contributed by atoms with Gasteiger partial charge in [-0.2, -0.15) is 0 Å². The third-order valence-corrected chi connectivity index (χ3v) is 5.20. The first-order chi connectivity index (χ1) is 11.6. The number of thiazole rings is 1. The zero-order chi connectivity index (χ0) is 16.7. The van der Waals surface area contributed by atoms with Crippen LogP contribution in [0, 0.1) is 6.92 Å². The average Bonchev–Trinajstić information content (AvgIpc) is 2.80. The van der Waals surface area contributed by atoms with E-state index in [-0.39, 0.29) is 5.91 Å². The summed E-state index contributed by atoms with van der Waals surface area (Å²) in [6, 6.07) is 11.2. The molecule has 0 fully saturated rings. The van der Waals surface area contributed by atoms with E-state index in [0.717, 1.165) is 26.5 Å². The molecule has 2 heterocycles. The fourth-order valence-corrected chi connectivity index (χ4v) is 3.95. The van der Waals surface area contributed by atoms with Crippen LogP contribution >= 0.6 is 22.9 Å². The molecular formula is C18H15ClN2O2S. The Morgan fingerprint density at radius 3 is 3.04 bits per heavy atom. The van der Waals surface area contributed by atoms with Crippen molar-refractivity contribution in [2.24, 2.45) is 0 Å². The minimum absolute atomic E-state index is 0.000575. The Labute approximate surface area is 148 Å². The molecule has 0 saturated heterocycles. The van der Waals surface area contributed by atoms with Crippen LogP contribution in [0.2, 0.25) is 5.02 Å². The van der Waals surface area contributed by atoms with Gasteiger partial charge in [0.1, 0.15) is 12.4 Å². The van der Waals surface area contributed by atoms with E-state index in [2.05, 4.69) is 4.98 Å². The maximum Gasteiger partial charge on any atom is 0.254 e. The molecule has 1 aliphatic rings. The van der Waals surface area contributed by atoms with Crippen molar-refractivity contribution in [1.82, 2.24) is 9.88 Å². The number of hydrogen-bond acceptors (Lipinski definition) is 4. The predicted molar refractivity (Wildman–Crippen MR) is 96.0 cm³/mol. The van der Waals surface area contributed by atoms with Gasteiger partial charge in [0.15, 0.2) is 0 Å². The lowest BCUT2D eigenvalue weighted by molar-refractivity contribution is 0.0733. The van der Waals surface area contributed by atoms with Gasteiger partial charge < -0.3 is 9.64 Å². The Bertz CT molecular complexity index is 938. The smallest absolute Gasteiger partial charge is 0.254 e. The van der Waals surface area contributed by atoms with E-state index in [1.807, 2.05) is 37.3 Å². The highest BCUT2D eigenvalue weighted by Crippen LogP contribution is 2.28. The SMILES string of the molecule is Cc1nc2ccc(C(=O)N3CCOc4ccc(Cl)cc4C3)cc2s1. The summed E-state index contributed by atoms with van der Waals surface area (Å²) < 4.78 is 6.77. The molecule has 1 amide bonds. The van der Waals surface area contributed by atoms with Crippen LogP contribution in [0.5, 0.6) is 5.75 Å². The predicted octanol–water partition coefficient (Wildman–Crippen LogP) is 4.29. The Hall–Kier alpha value is -2.11. The molecule has 4 nitrogen and oxygen atoms in total. The van der Waals surface area contributed by atoms with Crippen LogP contribution in [0.25, 0.3) is 10.2 Å². The maximum absolute atomic E-state index is 12.9. The fourth-order valence-electron chi connectivity index (χ4n) is 2.89. The van der Waals surface area contributed by atoms with Crippen LogP contribution in [-0.2, 0) is 6.54 Å².